The first kappa shape index (κ1) is 13.0. The number of primary amides is 1. The molecular formula is C15H13N5O. The molecule has 0 aliphatic heterocycles. The number of hydrogen-bond donors (Lipinski definition) is 1. The lowest BCUT2D eigenvalue weighted by atomic mass is 10.2. The van der Waals surface area contributed by atoms with Crippen molar-refractivity contribution in [3.05, 3.63) is 60.7 Å². The van der Waals surface area contributed by atoms with E-state index in [2.05, 4.69) is 15.1 Å². The maximum atomic E-state index is 11.2. The van der Waals surface area contributed by atoms with Gasteiger partial charge in [-0.15, -0.1) is 5.10 Å². The third kappa shape index (κ3) is 2.79. The monoisotopic (exact) mass is 279 g/mol. The third-order valence-electron chi connectivity index (χ3n) is 2.93. The molecule has 0 aliphatic rings. The summed E-state index contributed by atoms with van der Waals surface area (Å²) < 4.78 is 1.60. The molecule has 104 valence electrons. The van der Waals surface area contributed by atoms with Gasteiger partial charge in [-0.3, -0.25) is 9.78 Å². The molecule has 1 amide bonds. The van der Waals surface area contributed by atoms with Crippen molar-refractivity contribution in [2.75, 3.05) is 0 Å². The fourth-order valence-electron chi connectivity index (χ4n) is 2.01. The van der Waals surface area contributed by atoms with Crippen LogP contribution in [-0.2, 0) is 11.2 Å². The van der Waals surface area contributed by atoms with Gasteiger partial charge in [-0.2, -0.15) is 0 Å². The number of nitrogens with zero attached hydrogens (tertiary/aromatic N) is 4. The van der Waals surface area contributed by atoms with Crippen molar-refractivity contribution in [3.63, 3.8) is 0 Å². The Kier molecular flexibility index (Phi) is 3.42. The summed E-state index contributed by atoms with van der Waals surface area (Å²) in [5.74, 6) is 0.595. The topological polar surface area (TPSA) is 86.7 Å². The Morgan fingerprint density at radius 1 is 1.14 bits per heavy atom. The zero-order valence-corrected chi connectivity index (χ0v) is 11.2. The molecular weight excluding hydrogens is 266 g/mol. The zero-order valence-electron chi connectivity index (χ0n) is 11.2. The molecule has 3 aromatic rings. The minimum atomic E-state index is -0.452. The third-order valence-corrected chi connectivity index (χ3v) is 2.93. The average Bonchev–Trinajstić information content (AvgIpc) is 2.92. The molecule has 1 aromatic carbocycles. The van der Waals surface area contributed by atoms with Gasteiger partial charge in [-0.25, -0.2) is 9.67 Å². The second-order valence-electron chi connectivity index (χ2n) is 4.48. The summed E-state index contributed by atoms with van der Waals surface area (Å²) in [6.07, 6.45) is 3.36. The van der Waals surface area contributed by atoms with Gasteiger partial charge in [0.15, 0.2) is 5.82 Å². The molecule has 2 N–H and O–H groups in total. The van der Waals surface area contributed by atoms with Crippen LogP contribution in [0.15, 0.2) is 54.9 Å². The number of rotatable bonds is 4. The van der Waals surface area contributed by atoms with Crippen molar-refractivity contribution in [3.8, 4) is 17.1 Å². The highest BCUT2D eigenvalue weighted by atomic mass is 16.1. The molecule has 3 rings (SSSR count). The van der Waals surface area contributed by atoms with Crippen LogP contribution in [0.2, 0.25) is 0 Å². The van der Waals surface area contributed by atoms with E-state index in [4.69, 9.17) is 5.73 Å². The van der Waals surface area contributed by atoms with Gasteiger partial charge in [0.2, 0.25) is 5.91 Å². The second kappa shape index (κ2) is 5.54. The number of nitrogens with two attached hydrogens (primary N) is 1. The standard InChI is InChI=1S/C15H13N5O/c16-13(21)9-14-18-15(11-5-2-1-3-6-11)19-20(14)12-7-4-8-17-10-12/h1-8,10H,9H2,(H2,16,21). The Bertz CT molecular complexity index is 752. The quantitative estimate of drug-likeness (QED) is 0.781. The van der Waals surface area contributed by atoms with Gasteiger partial charge in [0.1, 0.15) is 5.82 Å². The normalized spacial score (nSPS) is 10.5. The lowest BCUT2D eigenvalue weighted by Crippen LogP contribution is -2.17. The Morgan fingerprint density at radius 2 is 1.95 bits per heavy atom. The fraction of sp³-hybridized carbons (Fsp3) is 0.0667. The van der Waals surface area contributed by atoms with Crippen LogP contribution >= 0.6 is 0 Å². The molecule has 2 aromatic heterocycles. The van der Waals surface area contributed by atoms with E-state index in [9.17, 15) is 4.79 Å². The highest BCUT2D eigenvalue weighted by Gasteiger charge is 2.14. The minimum absolute atomic E-state index is 0.0225. The fourth-order valence-corrected chi connectivity index (χ4v) is 2.01. The van der Waals surface area contributed by atoms with Crippen molar-refractivity contribution in [2.24, 2.45) is 5.73 Å². The molecule has 0 atom stereocenters. The number of pyridine rings is 1. The average molecular weight is 279 g/mol. The predicted molar refractivity (Wildman–Crippen MR) is 77.5 cm³/mol. The first-order valence-electron chi connectivity index (χ1n) is 6.44. The van der Waals surface area contributed by atoms with E-state index >= 15 is 0 Å². The van der Waals surface area contributed by atoms with Crippen LogP contribution in [0.25, 0.3) is 17.1 Å². The summed E-state index contributed by atoms with van der Waals surface area (Å²) in [6.45, 7) is 0. The van der Waals surface area contributed by atoms with Gasteiger partial charge in [-0.05, 0) is 12.1 Å². The van der Waals surface area contributed by atoms with E-state index < -0.39 is 5.91 Å². The van der Waals surface area contributed by atoms with Gasteiger partial charge < -0.3 is 5.73 Å². The Labute approximate surface area is 121 Å². The molecule has 21 heavy (non-hydrogen) atoms. The molecule has 0 aliphatic carbocycles. The minimum Gasteiger partial charge on any atom is -0.369 e. The summed E-state index contributed by atoms with van der Waals surface area (Å²) in [7, 11) is 0. The molecule has 0 saturated carbocycles. The molecule has 0 fully saturated rings. The highest BCUT2D eigenvalue weighted by molar-refractivity contribution is 5.76. The molecule has 0 bridgehead atoms. The zero-order chi connectivity index (χ0) is 14.7. The van der Waals surface area contributed by atoms with Crippen LogP contribution in [-0.4, -0.2) is 25.7 Å². The van der Waals surface area contributed by atoms with E-state index in [-0.39, 0.29) is 6.42 Å². The van der Waals surface area contributed by atoms with Crippen molar-refractivity contribution in [1.82, 2.24) is 19.7 Å². The number of aromatic nitrogens is 4. The SMILES string of the molecule is NC(=O)Cc1nc(-c2ccccc2)nn1-c1cccnc1. The van der Waals surface area contributed by atoms with Crippen molar-refractivity contribution < 1.29 is 4.79 Å². The van der Waals surface area contributed by atoms with Crippen LogP contribution in [0.4, 0.5) is 0 Å². The summed E-state index contributed by atoms with van der Waals surface area (Å²) in [5, 5.41) is 4.46. The van der Waals surface area contributed by atoms with E-state index in [1.54, 1.807) is 23.1 Å². The summed E-state index contributed by atoms with van der Waals surface area (Å²) >= 11 is 0. The van der Waals surface area contributed by atoms with E-state index in [1.807, 2.05) is 36.4 Å². The van der Waals surface area contributed by atoms with Crippen molar-refractivity contribution >= 4 is 5.91 Å². The van der Waals surface area contributed by atoms with E-state index in [0.717, 1.165) is 11.3 Å². The number of carbonyl (C=O) groups is 1. The van der Waals surface area contributed by atoms with Crippen molar-refractivity contribution in [2.45, 2.75) is 6.42 Å². The van der Waals surface area contributed by atoms with Crippen LogP contribution in [0.3, 0.4) is 0 Å². The number of amides is 1. The molecule has 0 spiro atoms. The number of hydrogen-bond acceptors (Lipinski definition) is 4. The summed E-state index contributed by atoms with van der Waals surface area (Å²) in [5.41, 5.74) is 6.90. The lowest BCUT2D eigenvalue weighted by Gasteiger charge is -2.02. The van der Waals surface area contributed by atoms with Crippen LogP contribution in [0.5, 0.6) is 0 Å². The van der Waals surface area contributed by atoms with Crippen LogP contribution in [0.1, 0.15) is 5.82 Å². The van der Waals surface area contributed by atoms with Crippen LogP contribution in [0, 0.1) is 0 Å². The second-order valence-corrected chi connectivity index (χ2v) is 4.48. The Balaban J connectivity index is 2.10. The summed E-state index contributed by atoms with van der Waals surface area (Å²) in [4.78, 5) is 19.7. The predicted octanol–water partition coefficient (Wildman–Crippen LogP) is 1.36. The van der Waals surface area contributed by atoms with Gasteiger partial charge >= 0.3 is 0 Å². The van der Waals surface area contributed by atoms with Crippen molar-refractivity contribution in [1.29, 1.82) is 0 Å². The van der Waals surface area contributed by atoms with E-state index in [1.165, 1.54) is 0 Å². The number of benzene rings is 1. The number of carbonyl (C=O) groups excluding carboxylic acids is 1. The lowest BCUT2D eigenvalue weighted by molar-refractivity contribution is -0.117. The Morgan fingerprint density at radius 3 is 2.62 bits per heavy atom. The summed E-state index contributed by atoms with van der Waals surface area (Å²) in [6, 6.07) is 13.2. The maximum absolute atomic E-state index is 11.2. The Hall–Kier alpha value is -3.02. The molecule has 0 saturated heterocycles. The van der Waals surface area contributed by atoms with E-state index in [0.29, 0.717) is 11.6 Å². The van der Waals surface area contributed by atoms with Gasteiger partial charge in [0.05, 0.1) is 18.3 Å². The maximum Gasteiger partial charge on any atom is 0.225 e. The largest absolute Gasteiger partial charge is 0.369 e. The molecule has 0 unspecified atom stereocenters. The molecule has 6 heteroatoms. The van der Waals surface area contributed by atoms with Gasteiger partial charge in [0, 0.05) is 11.8 Å². The first-order valence-corrected chi connectivity index (χ1v) is 6.44. The molecule has 0 radical (unpaired) electrons. The molecule has 2 heterocycles. The van der Waals surface area contributed by atoms with Crippen LogP contribution < -0.4 is 5.73 Å². The molecule has 6 nitrogen and oxygen atoms in total. The highest BCUT2D eigenvalue weighted by Crippen LogP contribution is 2.17. The first-order chi connectivity index (χ1) is 10.2. The van der Waals surface area contributed by atoms with Gasteiger partial charge in [-0.1, -0.05) is 30.3 Å². The van der Waals surface area contributed by atoms with Gasteiger partial charge in [0.25, 0.3) is 0 Å². The smallest absolute Gasteiger partial charge is 0.225 e.